The third-order valence-electron chi connectivity index (χ3n) is 6.45. The maximum absolute atomic E-state index is 14.4. The van der Waals surface area contributed by atoms with Gasteiger partial charge in [0.25, 0.3) is 5.56 Å². The Bertz CT molecular complexity index is 1400. The van der Waals surface area contributed by atoms with Crippen molar-refractivity contribution in [3.63, 3.8) is 0 Å². The van der Waals surface area contributed by atoms with E-state index in [4.69, 9.17) is 0 Å². The predicted octanol–water partition coefficient (Wildman–Crippen LogP) is 2.44. The van der Waals surface area contributed by atoms with Gasteiger partial charge in [0.1, 0.15) is 18.0 Å². The van der Waals surface area contributed by atoms with Gasteiger partial charge in [-0.3, -0.25) is 4.79 Å². The summed E-state index contributed by atoms with van der Waals surface area (Å²) in [6, 6.07) is 11.1. The van der Waals surface area contributed by atoms with Crippen LogP contribution in [0.3, 0.4) is 0 Å². The lowest BCUT2D eigenvalue weighted by Crippen LogP contribution is -2.24. The van der Waals surface area contributed by atoms with Crippen molar-refractivity contribution < 1.29 is 9.50 Å². The second-order valence-electron chi connectivity index (χ2n) is 9.18. The van der Waals surface area contributed by atoms with Gasteiger partial charge in [-0.15, -0.1) is 0 Å². The van der Waals surface area contributed by atoms with Crippen molar-refractivity contribution >= 4 is 16.5 Å². The smallest absolute Gasteiger partial charge is 0.272 e. The van der Waals surface area contributed by atoms with Gasteiger partial charge in [0.2, 0.25) is 0 Å². The lowest BCUT2D eigenvalue weighted by atomic mass is 9.82. The maximum Gasteiger partial charge on any atom is 0.272 e. The fraction of sp³-hybridized carbons (Fsp3) is 0.360. The Morgan fingerprint density at radius 1 is 1.23 bits per heavy atom. The van der Waals surface area contributed by atoms with Gasteiger partial charge in [-0.25, -0.2) is 19.2 Å². The van der Waals surface area contributed by atoms with Crippen molar-refractivity contribution in [1.29, 1.82) is 0 Å². The molecule has 1 aliphatic heterocycles. The Balaban J connectivity index is 1.70. The topological polar surface area (TPSA) is 112 Å². The summed E-state index contributed by atoms with van der Waals surface area (Å²) in [6.45, 7) is 1.83. The summed E-state index contributed by atoms with van der Waals surface area (Å²) < 4.78 is 16.2. The van der Waals surface area contributed by atoms with Crippen molar-refractivity contribution in [2.45, 2.75) is 31.3 Å². The first kappa shape index (κ1) is 23.1. The number of anilines is 1. The van der Waals surface area contributed by atoms with Crippen LogP contribution < -0.4 is 10.9 Å². The van der Waals surface area contributed by atoms with Crippen molar-refractivity contribution in [3.8, 4) is 0 Å². The van der Waals surface area contributed by atoms with E-state index in [-0.39, 0.29) is 23.8 Å². The van der Waals surface area contributed by atoms with Gasteiger partial charge in [-0.05, 0) is 43.8 Å². The molecule has 2 aromatic carbocycles. The Morgan fingerprint density at radius 3 is 2.77 bits per heavy atom. The van der Waals surface area contributed by atoms with Gasteiger partial charge in [-0.1, -0.05) is 24.3 Å². The molecule has 9 nitrogen and oxygen atoms in total. The zero-order chi connectivity index (χ0) is 24.5. The molecule has 0 fully saturated rings. The molecule has 0 spiro atoms. The average Bonchev–Trinajstić information content (AvgIpc) is 3.23. The molecular weight excluding hydrogens is 449 g/mol. The summed E-state index contributed by atoms with van der Waals surface area (Å²) in [5.74, 6) is -0.301. The number of aliphatic hydroxyl groups is 1. The number of hydrogen-bond donors (Lipinski definition) is 3. The van der Waals surface area contributed by atoms with E-state index in [2.05, 4.69) is 54.8 Å². The summed E-state index contributed by atoms with van der Waals surface area (Å²) in [6.07, 6.45) is 2.03. The molecule has 0 amide bonds. The molecule has 0 saturated heterocycles. The first-order valence-corrected chi connectivity index (χ1v) is 11.6. The van der Waals surface area contributed by atoms with E-state index in [0.717, 1.165) is 12.1 Å². The van der Waals surface area contributed by atoms with Gasteiger partial charge in [0.05, 0.1) is 17.0 Å². The second kappa shape index (κ2) is 9.55. The van der Waals surface area contributed by atoms with Gasteiger partial charge >= 0.3 is 0 Å². The van der Waals surface area contributed by atoms with Crippen LogP contribution in [0, 0.1) is 5.82 Å². The molecule has 2 atom stereocenters. The summed E-state index contributed by atoms with van der Waals surface area (Å²) in [5.41, 5.74) is 2.96. The van der Waals surface area contributed by atoms with Crippen molar-refractivity contribution in [3.05, 3.63) is 81.5 Å². The highest BCUT2D eigenvalue weighted by Gasteiger charge is 2.36. The minimum Gasteiger partial charge on any atom is -0.396 e. The molecule has 2 unspecified atom stereocenters. The van der Waals surface area contributed by atoms with Crippen LogP contribution in [0.15, 0.2) is 47.5 Å². The molecule has 35 heavy (non-hydrogen) atoms. The third-order valence-corrected chi connectivity index (χ3v) is 6.45. The second-order valence-corrected chi connectivity index (χ2v) is 9.18. The predicted molar refractivity (Wildman–Crippen MR) is 131 cm³/mol. The molecule has 2 aromatic heterocycles. The van der Waals surface area contributed by atoms with Crippen molar-refractivity contribution in [1.82, 2.24) is 29.9 Å². The molecule has 0 saturated carbocycles. The van der Waals surface area contributed by atoms with E-state index in [1.807, 2.05) is 14.1 Å². The first-order valence-electron chi connectivity index (χ1n) is 11.6. The number of aromatic nitrogens is 5. The third kappa shape index (κ3) is 4.42. The highest BCUT2D eigenvalue weighted by atomic mass is 19.1. The van der Waals surface area contributed by atoms with E-state index >= 15 is 0 Å². The summed E-state index contributed by atoms with van der Waals surface area (Å²) in [7, 11) is 4.06. The molecule has 0 radical (unpaired) electrons. The largest absolute Gasteiger partial charge is 0.396 e. The number of nitrogens with one attached hydrogen (secondary N) is 2. The van der Waals surface area contributed by atoms with Crippen LogP contribution in [0.1, 0.15) is 40.9 Å². The van der Waals surface area contributed by atoms with Gasteiger partial charge in [0.15, 0.2) is 0 Å². The number of aryl methyl sites for hydroxylation is 1. The van der Waals surface area contributed by atoms with Gasteiger partial charge in [-0.2, -0.15) is 10.2 Å². The average molecular weight is 478 g/mol. The number of aliphatic hydroxyl groups excluding tert-OH is 1. The molecule has 4 aromatic rings. The van der Waals surface area contributed by atoms with E-state index < -0.39 is 11.4 Å². The first-order chi connectivity index (χ1) is 17.0. The highest BCUT2D eigenvalue weighted by molar-refractivity contribution is 5.96. The number of rotatable bonds is 7. The van der Waals surface area contributed by atoms with Crippen LogP contribution in [0.4, 0.5) is 10.1 Å². The Labute approximate surface area is 201 Å². The molecular formula is C25H28FN7O2. The fourth-order valence-electron chi connectivity index (χ4n) is 4.94. The monoisotopic (exact) mass is 477 g/mol. The van der Waals surface area contributed by atoms with Crippen LogP contribution in [0.5, 0.6) is 0 Å². The minimum atomic E-state index is -0.489. The number of H-pyrrole nitrogens is 1. The van der Waals surface area contributed by atoms with Crippen LogP contribution >= 0.6 is 0 Å². The Hall–Kier alpha value is -3.63. The Morgan fingerprint density at radius 2 is 2.03 bits per heavy atom. The van der Waals surface area contributed by atoms with Crippen LogP contribution in [-0.2, 0) is 13.1 Å². The molecule has 182 valence electrons. The van der Waals surface area contributed by atoms with Crippen molar-refractivity contribution in [2.24, 2.45) is 0 Å². The highest BCUT2D eigenvalue weighted by Crippen LogP contribution is 2.43. The molecule has 5 rings (SSSR count). The SMILES string of the molecule is CN(C)Cc1ccc(C2CNc3cc(F)cc4c(=O)[nH]nc(c34)C2c2ncnn2CCCO)cc1. The minimum absolute atomic E-state index is 0.0333. The number of benzene rings is 2. The molecule has 3 N–H and O–H groups in total. The van der Waals surface area contributed by atoms with E-state index in [1.165, 1.54) is 24.0 Å². The lowest BCUT2D eigenvalue weighted by molar-refractivity contribution is 0.275. The molecule has 3 heterocycles. The summed E-state index contributed by atoms with van der Waals surface area (Å²) in [4.78, 5) is 19.3. The summed E-state index contributed by atoms with van der Waals surface area (Å²) in [5, 5.41) is 25.0. The van der Waals surface area contributed by atoms with E-state index in [0.29, 0.717) is 42.1 Å². The number of nitrogens with zero attached hydrogens (tertiary/aromatic N) is 5. The molecule has 0 bridgehead atoms. The molecule has 1 aliphatic rings. The van der Waals surface area contributed by atoms with Crippen LogP contribution in [0.2, 0.25) is 0 Å². The summed E-state index contributed by atoms with van der Waals surface area (Å²) >= 11 is 0. The number of halogens is 1. The molecule has 10 heteroatoms. The number of aromatic amines is 1. The Kier molecular flexibility index (Phi) is 6.31. The zero-order valence-electron chi connectivity index (χ0n) is 19.7. The van der Waals surface area contributed by atoms with Crippen LogP contribution in [0.25, 0.3) is 10.8 Å². The normalized spacial score (nSPS) is 17.5. The van der Waals surface area contributed by atoms with Gasteiger partial charge < -0.3 is 15.3 Å². The van der Waals surface area contributed by atoms with Crippen molar-refractivity contribution in [2.75, 3.05) is 32.6 Å². The van der Waals surface area contributed by atoms with Crippen LogP contribution in [-0.4, -0.2) is 62.2 Å². The fourth-order valence-corrected chi connectivity index (χ4v) is 4.94. The van der Waals surface area contributed by atoms with Gasteiger partial charge in [0, 0.05) is 43.2 Å². The zero-order valence-corrected chi connectivity index (χ0v) is 19.7. The number of hydrogen-bond acceptors (Lipinski definition) is 7. The molecule has 0 aliphatic carbocycles. The maximum atomic E-state index is 14.4. The van der Waals surface area contributed by atoms with E-state index in [1.54, 1.807) is 4.68 Å². The van der Waals surface area contributed by atoms with E-state index in [9.17, 15) is 14.3 Å². The standard InChI is InChI=1S/C25H28FN7O2/c1-32(2)13-15-4-6-16(7-5-15)19-12-27-20-11-17(26)10-18-21(20)23(30-31-25(18)35)22(19)24-28-14-29-33(24)8-3-9-34/h4-7,10-11,14,19,22,27,34H,3,8-9,12-13H2,1-2H3,(H,31,35). The lowest BCUT2D eigenvalue weighted by Gasteiger charge is -2.26. The quantitative estimate of drug-likeness (QED) is 0.375.